The van der Waals surface area contributed by atoms with Crippen LogP contribution < -0.4 is 5.56 Å². The summed E-state index contributed by atoms with van der Waals surface area (Å²) in [6.45, 7) is 2.19. The first-order chi connectivity index (χ1) is 14.2. The summed E-state index contributed by atoms with van der Waals surface area (Å²) < 4.78 is 6.88. The predicted molar refractivity (Wildman–Crippen MR) is 113 cm³/mol. The standard InChI is InChI=1S/C22H16N4O2S/c1-14-7-9-16(10-8-14)20-24-18(28-25-20)11-26-13-23-21-19(22(26)27)17(12-29-21)15-5-3-2-4-6-15/h2-10,12-13H,11H2,1H3. The Labute approximate surface area is 170 Å². The average Bonchev–Trinajstić information content (AvgIpc) is 3.39. The minimum absolute atomic E-state index is 0.120. The molecule has 0 bridgehead atoms. The maximum atomic E-state index is 13.1. The molecule has 0 amide bonds. The van der Waals surface area contributed by atoms with Gasteiger partial charge in [0.25, 0.3) is 5.56 Å². The van der Waals surface area contributed by atoms with E-state index in [9.17, 15) is 4.79 Å². The predicted octanol–water partition coefficient (Wildman–Crippen LogP) is 4.53. The first kappa shape index (κ1) is 17.5. The highest BCUT2D eigenvalue weighted by atomic mass is 32.1. The van der Waals surface area contributed by atoms with E-state index in [1.54, 1.807) is 0 Å². The summed E-state index contributed by atoms with van der Waals surface area (Å²) in [7, 11) is 0. The number of hydrogen-bond donors (Lipinski definition) is 0. The lowest BCUT2D eigenvalue weighted by molar-refractivity contribution is 0.369. The Morgan fingerprint density at radius 3 is 2.62 bits per heavy atom. The fourth-order valence-electron chi connectivity index (χ4n) is 3.20. The van der Waals surface area contributed by atoms with E-state index in [2.05, 4.69) is 15.1 Å². The summed E-state index contributed by atoms with van der Waals surface area (Å²) in [6.07, 6.45) is 1.53. The Balaban J connectivity index is 1.51. The van der Waals surface area contributed by atoms with Crippen molar-refractivity contribution in [3.8, 4) is 22.5 Å². The second-order valence-corrected chi connectivity index (χ2v) is 7.61. The Hall–Kier alpha value is -3.58. The highest BCUT2D eigenvalue weighted by Gasteiger charge is 2.15. The minimum atomic E-state index is -0.120. The summed E-state index contributed by atoms with van der Waals surface area (Å²) >= 11 is 1.46. The smallest absolute Gasteiger partial charge is 0.263 e. The number of aryl methyl sites for hydroxylation is 1. The summed E-state index contributed by atoms with van der Waals surface area (Å²) in [6, 6.07) is 17.7. The first-order valence-corrected chi connectivity index (χ1v) is 9.99. The molecule has 0 saturated heterocycles. The zero-order chi connectivity index (χ0) is 19.8. The molecule has 142 valence electrons. The van der Waals surface area contributed by atoms with Gasteiger partial charge in [-0.25, -0.2) is 4.98 Å². The van der Waals surface area contributed by atoms with Crippen LogP contribution in [-0.2, 0) is 6.54 Å². The molecule has 7 heteroatoms. The van der Waals surface area contributed by atoms with Crippen molar-refractivity contribution in [2.75, 3.05) is 0 Å². The molecule has 0 saturated carbocycles. The van der Waals surface area contributed by atoms with Gasteiger partial charge in [0.1, 0.15) is 11.4 Å². The van der Waals surface area contributed by atoms with E-state index in [-0.39, 0.29) is 12.1 Å². The topological polar surface area (TPSA) is 73.8 Å². The van der Waals surface area contributed by atoms with Crippen molar-refractivity contribution >= 4 is 21.6 Å². The van der Waals surface area contributed by atoms with E-state index < -0.39 is 0 Å². The highest BCUT2D eigenvalue weighted by molar-refractivity contribution is 7.17. The maximum Gasteiger partial charge on any atom is 0.263 e. The molecule has 3 aromatic heterocycles. The van der Waals surface area contributed by atoms with Crippen molar-refractivity contribution in [2.45, 2.75) is 13.5 Å². The van der Waals surface area contributed by atoms with Crippen LogP contribution in [0.3, 0.4) is 0 Å². The molecule has 0 aliphatic heterocycles. The van der Waals surface area contributed by atoms with Crippen LogP contribution in [0.1, 0.15) is 11.5 Å². The molecule has 29 heavy (non-hydrogen) atoms. The molecule has 5 aromatic rings. The first-order valence-electron chi connectivity index (χ1n) is 9.11. The van der Waals surface area contributed by atoms with E-state index in [0.717, 1.165) is 27.1 Å². The molecule has 0 unspecified atom stereocenters. The summed E-state index contributed by atoms with van der Waals surface area (Å²) in [5, 5.41) is 6.63. The van der Waals surface area contributed by atoms with Gasteiger partial charge in [0.2, 0.25) is 11.7 Å². The van der Waals surface area contributed by atoms with Gasteiger partial charge in [0.15, 0.2) is 0 Å². The molecule has 0 N–H and O–H groups in total. The van der Waals surface area contributed by atoms with Crippen molar-refractivity contribution in [2.24, 2.45) is 0 Å². The van der Waals surface area contributed by atoms with Crippen LogP contribution in [0.2, 0.25) is 0 Å². The van der Waals surface area contributed by atoms with E-state index in [4.69, 9.17) is 4.52 Å². The van der Waals surface area contributed by atoms with E-state index in [1.807, 2.05) is 66.9 Å². The Kier molecular flexibility index (Phi) is 4.29. The number of benzene rings is 2. The lowest BCUT2D eigenvalue weighted by atomic mass is 10.1. The lowest BCUT2D eigenvalue weighted by Crippen LogP contribution is -2.21. The third kappa shape index (κ3) is 3.25. The summed E-state index contributed by atoms with van der Waals surface area (Å²) in [4.78, 5) is 22.7. The summed E-state index contributed by atoms with van der Waals surface area (Å²) in [5.41, 5.74) is 3.80. The molecule has 0 radical (unpaired) electrons. The summed E-state index contributed by atoms with van der Waals surface area (Å²) in [5.74, 6) is 0.864. The molecule has 0 atom stereocenters. The second-order valence-electron chi connectivity index (χ2n) is 6.75. The van der Waals surface area contributed by atoms with Crippen LogP contribution in [0.15, 0.2) is 75.6 Å². The Morgan fingerprint density at radius 1 is 1.03 bits per heavy atom. The van der Waals surface area contributed by atoms with Gasteiger partial charge in [-0.3, -0.25) is 9.36 Å². The minimum Gasteiger partial charge on any atom is -0.337 e. The van der Waals surface area contributed by atoms with Crippen molar-refractivity contribution in [3.63, 3.8) is 0 Å². The van der Waals surface area contributed by atoms with Crippen LogP contribution >= 0.6 is 11.3 Å². The van der Waals surface area contributed by atoms with Gasteiger partial charge < -0.3 is 4.52 Å². The van der Waals surface area contributed by atoms with Gasteiger partial charge >= 0.3 is 0 Å². The van der Waals surface area contributed by atoms with Gasteiger partial charge in [-0.05, 0) is 12.5 Å². The highest BCUT2D eigenvalue weighted by Crippen LogP contribution is 2.30. The Morgan fingerprint density at radius 2 is 1.83 bits per heavy atom. The molecular formula is C22H16N4O2S. The van der Waals surface area contributed by atoms with Crippen LogP contribution in [0.25, 0.3) is 32.7 Å². The number of aromatic nitrogens is 4. The van der Waals surface area contributed by atoms with Gasteiger partial charge in [-0.15, -0.1) is 11.3 Å². The molecule has 2 aromatic carbocycles. The van der Waals surface area contributed by atoms with E-state index in [0.29, 0.717) is 17.1 Å². The molecule has 0 aliphatic carbocycles. The van der Waals surface area contributed by atoms with Gasteiger partial charge in [-0.2, -0.15) is 4.98 Å². The van der Waals surface area contributed by atoms with Gasteiger partial charge in [0, 0.05) is 16.5 Å². The number of nitrogens with zero attached hydrogens (tertiary/aromatic N) is 4. The average molecular weight is 400 g/mol. The molecule has 5 rings (SSSR count). The number of fused-ring (bicyclic) bond motifs is 1. The van der Waals surface area contributed by atoms with E-state index >= 15 is 0 Å². The molecule has 6 nitrogen and oxygen atoms in total. The fraction of sp³-hybridized carbons (Fsp3) is 0.0909. The maximum absolute atomic E-state index is 13.1. The van der Waals surface area contributed by atoms with Crippen molar-refractivity contribution in [1.82, 2.24) is 19.7 Å². The van der Waals surface area contributed by atoms with E-state index in [1.165, 1.54) is 22.2 Å². The van der Waals surface area contributed by atoms with Gasteiger partial charge in [-0.1, -0.05) is 65.3 Å². The monoisotopic (exact) mass is 400 g/mol. The van der Waals surface area contributed by atoms with Crippen molar-refractivity contribution in [1.29, 1.82) is 0 Å². The molecule has 3 heterocycles. The van der Waals surface area contributed by atoms with Crippen LogP contribution in [-0.4, -0.2) is 19.7 Å². The van der Waals surface area contributed by atoms with Crippen LogP contribution in [0, 0.1) is 6.92 Å². The zero-order valence-electron chi connectivity index (χ0n) is 15.6. The molecule has 0 spiro atoms. The van der Waals surface area contributed by atoms with Gasteiger partial charge in [0.05, 0.1) is 11.7 Å². The van der Waals surface area contributed by atoms with Crippen molar-refractivity contribution < 1.29 is 4.52 Å². The lowest BCUT2D eigenvalue weighted by Gasteiger charge is -2.03. The quantitative estimate of drug-likeness (QED) is 0.443. The van der Waals surface area contributed by atoms with Crippen LogP contribution in [0.4, 0.5) is 0 Å². The molecular weight excluding hydrogens is 384 g/mol. The third-order valence-electron chi connectivity index (χ3n) is 4.73. The normalized spacial score (nSPS) is 11.2. The largest absolute Gasteiger partial charge is 0.337 e. The number of rotatable bonds is 4. The number of thiophene rings is 1. The SMILES string of the molecule is Cc1ccc(-c2noc(Cn3cnc4scc(-c5ccccc5)c4c3=O)n2)cc1. The fourth-order valence-corrected chi connectivity index (χ4v) is 4.10. The molecule has 0 aliphatic rings. The Bertz CT molecular complexity index is 1350. The van der Waals surface area contributed by atoms with Crippen molar-refractivity contribution in [3.05, 3.63) is 88.1 Å². The number of hydrogen-bond acceptors (Lipinski definition) is 6. The zero-order valence-corrected chi connectivity index (χ0v) is 16.4. The molecule has 0 fully saturated rings. The van der Waals surface area contributed by atoms with Crippen LogP contribution in [0.5, 0.6) is 0 Å². The third-order valence-corrected chi connectivity index (χ3v) is 5.62. The second kappa shape index (κ2) is 7.10.